The van der Waals surface area contributed by atoms with Crippen molar-refractivity contribution in [1.29, 1.82) is 0 Å². The SMILES string of the molecule is CCn1nc(C)cc1CN1CCNCC1CN. The molecule has 0 radical (unpaired) electrons. The standard InChI is InChI=1S/C12H23N5/c1-3-17-11(6-10(2)15-17)9-16-5-4-14-8-12(16)7-13/h6,12,14H,3-5,7-9,13H2,1-2H3. The average Bonchev–Trinajstić information content (AvgIpc) is 2.70. The molecule has 17 heavy (non-hydrogen) atoms. The molecule has 96 valence electrons. The van der Waals surface area contributed by atoms with E-state index in [-0.39, 0.29) is 0 Å². The molecule has 0 amide bonds. The number of rotatable bonds is 4. The number of hydrogen-bond donors (Lipinski definition) is 2. The maximum Gasteiger partial charge on any atom is 0.0597 e. The lowest BCUT2D eigenvalue weighted by atomic mass is 10.2. The van der Waals surface area contributed by atoms with Crippen LogP contribution in [0.3, 0.4) is 0 Å². The zero-order valence-electron chi connectivity index (χ0n) is 10.8. The van der Waals surface area contributed by atoms with E-state index in [0.717, 1.165) is 38.4 Å². The van der Waals surface area contributed by atoms with Crippen molar-refractivity contribution in [3.05, 3.63) is 17.5 Å². The van der Waals surface area contributed by atoms with Crippen LogP contribution in [0.1, 0.15) is 18.3 Å². The van der Waals surface area contributed by atoms with Gasteiger partial charge in [0.15, 0.2) is 0 Å². The van der Waals surface area contributed by atoms with Crippen LogP contribution in [-0.4, -0.2) is 46.9 Å². The first-order valence-electron chi connectivity index (χ1n) is 6.42. The highest BCUT2D eigenvalue weighted by Crippen LogP contribution is 2.11. The summed E-state index contributed by atoms with van der Waals surface area (Å²) in [7, 11) is 0. The Hall–Kier alpha value is -0.910. The minimum atomic E-state index is 0.448. The van der Waals surface area contributed by atoms with Crippen molar-refractivity contribution in [1.82, 2.24) is 20.0 Å². The van der Waals surface area contributed by atoms with Gasteiger partial charge in [-0.2, -0.15) is 5.10 Å². The topological polar surface area (TPSA) is 59.1 Å². The van der Waals surface area contributed by atoms with E-state index in [1.165, 1.54) is 5.69 Å². The van der Waals surface area contributed by atoms with Gasteiger partial charge in [0.2, 0.25) is 0 Å². The minimum Gasteiger partial charge on any atom is -0.329 e. The van der Waals surface area contributed by atoms with Crippen molar-refractivity contribution >= 4 is 0 Å². The summed E-state index contributed by atoms with van der Waals surface area (Å²) >= 11 is 0. The highest BCUT2D eigenvalue weighted by atomic mass is 15.3. The first-order valence-corrected chi connectivity index (χ1v) is 6.42. The van der Waals surface area contributed by atoms with Gasteiger partial charge < -0.3 is 11.1 Å². The molecule has 0 aliphatic carbocycles. The number of nitrogens with two attached hydrogens (primary N) is 1. The van der Waals surface area contributed by atoms with Gasteiger partial charge in [-0.05, 0) is 19.9 Å². The molecule has 1 unspecified atom stereocenters. The Kier molecular flexibility index (Phi) is 4.15. The molecule has 1 fully saturated rings. The summed E-state index contributed by atoms with van der Waals surface area (Å²) < 4.78 is 2.09. The molecule has 1 atom stereocenters. The maximum atomic E-state index is 5.82. The molecule has 1 saturated heterocycles. The monoisotopic (exact) mass is 237 g/mol. The van der Waals surface area contributed by atoms with Gasteiger partial charge in [0.05, 0.1) is 11.4 Å². The van der Waals surface area contributed by atoms with Gasteiger partial charge in [-0.15, -0.1) is 0 Å². The fourth-order valence-corrected chi connectivity index (χ4v) is 2.45. The molecule has 1 aliphatic heterocycles. The Bertz CT molecular complexity index is 360. The van der Waals surface area contributed by atoms with E-state index in [4.69, 9.17) is 5.73 Å². The fraction of sp³-hybridized carbons (Fsp3) is 0.750. The van der Waals surface area contributed by atoms with Crippen LogP contribution in [0.2, 0.25) is 0 Å². The third-order valence-corrected chi connectivity index (χ3v) is 3.39. The van der Waals surface area contributed by atoms with E-state index in [0.29, 0.717) is 12.6 Å². The van der Waals surface area contributed by atoms with E-state index in [1.54, 1.807) is 0 Å². The Morgan fingerprint density at radius 2 is 2.41 bits per heavy atom. The van der Waals surface area contributed by atoms with Crippen LogP contribution in [0.25, 0.3) is 0 Å². The summed E-state index contributed by atoms with van der Waals surface area (Å²) in [5, 5.41) is 7.88. The molecule has 1 aromatic heterocycles. The summed E-state index contributed by atoms with van der Waals surface area (Å²) in [4.78, 5) is 2.46. The largest absolute Gasteiger partial charge is 0.329 e. The fourth-order valence-electron chi connectivity index (χ4n) is 2.45. The van der Waals surface area contributed by atoms with E-state index < -0.39 is 0 Å². The van der Waals surface area contributed by atoms with E-state index >= 15 is 0 Å². The number of piperazine rings is 1. The lowest BCUT2D eigenvalue weighted by Gasteiger charge is -2.35. The summed E-state index contributed by atoms with van der Waals surface area (Å²) in [6, 6.07) is 2.63. The lowest BCUT2D eigenvalue weighted by molar-refractivity contribution is 0.153. The number of aromatic nitrogens is 2. The molecule has 0 saturated carbocycles. The average molecular weight is 237 g/mol. The molecule has 3 N–H and O–H groups in total. The Morgan fingerprint density at radius 1 is 1.59 bits per heavy atom. The van der Waals surface area contributed by atoms with Gasteiger partial charge in [0, 0.05) is 45.3 Å². The van der Waals surface area contributed by atoms with Gasteiger partial charge in [-0.25, -0.2) is 0 Å². The van der Waals surface area contributed by atoms with Crippen LogP contribution >= 0.6 is 0 Å². The van der Waals surface area contributed by atoms with Crippen molar-refractivity contribution in [2.45, 2.75) is 33.0 Å². The van der Waals surface area contributed by atoms with Crippen molar-refractivity contribution in [2.75, 3.05) is 26.2 Å². The van der Waals surface area contributed by atoms with Crippen molar-refractivity contribution < 1.29 is 0 Å². The van der Waals surface area contributed by atoms with Gasteiger partial charge >= 0.3 is 0 Å². The zero-order chi connectivity index (χ0) is 12.3. The number of nitrogens with one attached hydrogen (secondary N) is 1. The normalized spacial score (nSPS) is 21.9. The second-order valence-electron chi connectivity index (χ2n) is 4.66. The molecule has 1 aromatic rings. The van der Waals surface area contributed by atoms with Gasteiger partial charge in [-0.3, -0.25) is 9.58 Å². The van der Waals surface area contributed by atoms with Crippen LogP contribution in [0.15, 0.2) is 6.07 Å². The quantitative estimate of drug-likeness (QED) is 0.770. The molecule has 1 aliphatic rings. The summed E-state index contributed by atoms with van der Waals surface area (Å²) in [6.07, 6.45) is 0. The number of aryl methyl sites for hydroxylation is 2. The molecule has 5 heteroatoms. The predicted molar refractivity (Wildman–Crippen MR) is 68.8 cm³/mol. The molecule has 5 nitrogen and oxygen atoms in total. The lowest BCUT2D eigenvalue weighted by Crippen LogP contribution is -2.53. The smallest absolute Gasteiger partial charge is 0.0597 e. The molecular weight excluding hydrogens is 214 g/mol. The van der Waals surface area contributed by atoms with Gasteiger partial charge in [0.25, 0.3) is 0 Å². The van der Waals surface area contributed by atoms with Crippen LogP contribution in [0.5, 0.6) is 0 Å². The van der Waals surface area contributed by atoms with Crippen molar-refractivity contribution in [3.63, 3.8) is 0 Å². The van der Waals surface area contributed by atoms with E-state index in [1.807, 2.05) is 6.92 Å². The van der Waals surface area contributed by atoms with Crippen molar-refractivity contribution in [2.24, 2.45) is 5.73 Å². The van der Waals surface area contributed by atoms with Crippen LogP contribution in [0.4, 0.5) is 0 Å². The second-order valence-corrected chi connectivity index (χ2v) is 4.66. The molecule has 2 rings (SSSR count). The number of nitrogens with zero attached hydrogens (tertiary/aromatic N) is 3. The van der Waals surface area contributed by atoms with Gasteiger partial charge in [-0.1, -0.05) is 0 Å². The first-order chi connectivity index (χ1) is 8.24. The van der Waals surface area contributed by atoms with Crippen molar-refractivity contribution in [3.8, 4) is 0 Å². The van der Waals surface area contributed by atoms with E-state index in [2.05, 4.69) is 33.0 Å². The molecular formula is C12H23N5. The predicted octanol–water partition coefficient (Wildman–Crippen LogP) is -0.0561. The summed E-state index contributed by atoms with van der Waals surface area (Å²) in [5.41, 5.74) is 8.21. The third kappa shape index (κ3) is 2.86. The van der Waals surface area contributed by atoms with Crippen LogP contribution in [-0.2, 0) is 13.1 Å². The molecule has 2 heterocycles. The Labute approximate surface area is 103 Å². The molecule has 0 aromatic carbocycles. The number of hydrogen-bond acceptors (Lipinski definition) is 4. The van der Waals surface area contributed by atoms with Crippen LogP contribution in [0, 0.1) is 6.92 Å². The maximum absolute atomic E-state index is 5.82. The molecule has 0 bridgehead atoms. The highest BCUT2D eigenvalue weighted by molar-refractivity contribution is 5.09. The van der Waals surface area contributed by atoms with E-state index in [9.17, 15) is 0 Å². The van der Waals surface area contributed by atoms with Crippen LogP contribution < -0.4 is 11.1 Å². The minimum absolute atomic E-state index is 0.448. The summed E-state index contributed by atoms with van der Waals surface area (Å²) in [5.74, 6) is 0. The first kappa shape index (κ1) is 12.5. The molecule has 0 spiro atoms. The second kappa shape index (κ2) is 5.62. The summed E-state index contributed by atoms with van der Waals surface area (Å²) in [6.45, 7) is 9.90. The highest BCUT2D eigenvalue weighted by Gasteiger charge is 2.21. The zero-order valence-corrected chi connectivity index (χ0v) is 10.8. The third-order valence-electron chi connectivity index (χ3n) is 3.39. The Morgan fingerprint density at radius 3 is 3.12 bits per heavy atom. The van der Waals surface area contributed by atoms with Gasteiger partial charge in [0.1, 0.15) is 0 Å². The Balaban J connectivity index is 2.07.